The van der Waals surface area contributed by atoms with E-state index in [9.17, 15) is 5.11 Å². The first kappa shape index (κ1) is 17.5. The summed E-state index contributed by atoms with van der Waals surface area (Å²) >= 11 is 15.5. The van der Waals surface area contributed by atoms with Gasteiger partial charge in [0.05, 0.1) is 18.7 Å². The van der Waals surface area contributed by atoms with Crippen molar-refractivity contribution in [3.05, 3.63) is 74.6 Å². The van der Waals surface area contributed by atoms with E-state index < -0.39 is 0 Å². The zero-order valence-corrected chi connectivity index (χ0v) is 18.5. The lowest BCUT2D eigenvalue weighted by Gasteiger charge is -2.13. The molecule has 0 bridgehead atoms. The zero-order chi connectivity index (χ0) is 18.7. The third kappa shape index (κ3) is 2.62. The highest BCUT2D eigenvalue weighted by Crippen LogP contribution is 2.49. The molecule has 1 aromatic heterocycles. The first-order valence-electron chi connectivity index (χ1n) is 8.26. The van der Waals surface area contributed by atoms with Crippen LogP contribution in [0.25, 0.3) is 42.1 Å². The first-order valence-corrected chi connectivity index (χ1v) is 11.0. The lowest BCUT2D eigenvalue weighted by atomic mass is 9.93. The quantitative estimate of drug-likeness (QED) is 0.235. The van der Waals surface area contributed by atoms with Crippen molar-refractivity contribution in [3.63, 3.8) is 0 Å². The molecule has 0 aliphatic carbocycles. The summed E-state index contributed by atoms with van der Waals surface area (Å²) in [5.41, 5.74) is 2.15. The molecule has 0 saturated heterocycles. The van der Waals surface area contributed by atoms with Gasteiger partial charge >= 0.3 is 0 Å². The molecule has 1 N–H and O–H groups in total. The standard InChI is InChI=1S/C22H11Br2ClOS/c23-15-9-11(10-16(24)21(15)26)18-12-5-1-2-6-13(12)20(25)22-19(18)14-7-3-4-8-17(14)27-22/h1-10,26H. The van der Waals surface area contributed by atoms with Crippen LogP contribution in [0, 0.1) is 0 Å². The number of phenolic OH excluding ortho intramolecular Hbond substituents is 1. The van der Waals surface area contributed by atoms with Crippen LogP contribution in [0.15, 0.2) is 69.6 Å². The highest BCUT2D eigenvalue weighted by atomic mass is 79.9. The molecule has 0 atom stereocenters. The van der Waals surface area contributed by atoms with Crippen molar-refractivity contribution in [2.45, 2.75) is 0 Å². The number of phenols is 1. The number of aromatic hydroxyl groups is 1. The third-order valence-electron chi connectivity index (χ3n) is 4.78. The highest BCUT2D eigenvalue weighted by molar-refractivity contribution is 9.11. The molecule has 5 rings (SSSR count). The SMILES string of the molecule is Oc1c(Br)cc(-c2c3ccccc3c(Cl)c3sc4ccccc4c23)cc1Br. The number of benzene rings is 4. The van der Waals surface area contributed by atoms with E-state index in [4.69, 9.17) is 11.6 Å². The summed E-state index contributed by atoms with van der Waals surface area (Å²) in [6.45, 7) is 0. The fourth-order valence-electron chi connectivity index (χ4n) is 3.61. The average Bonchev–Trinajstić information content (AvgIpc) is 3.06. The highest BCUT2D eigenvalue weighted by Gasteiger charge is 2.20. The molecule has 0 aliphatic heterocycles. The van der Waals surface area contributed by atoms with Gasteiger partial charge < -0.3 is 5.11 Å². The van der Waals surface area contributed by atoms with Crippen LogP contribution in [0.4, 0.5) is 0 Å². The lowest BCUT2D eigenvalue weighted by Crippen LogP contribution is -1.86. The van der Waals surface area contributed by atoms with E-state index in [0.29, 0.717) is 8.95 Å². The zero-order valence-electron chi connectivity index (χ0n) is 13.8. The molecular formula is C22H11Br2ClOS. The molecule has 0 saturated carbocycles. The molecule has 1 nitrogen and oxygen atoms in total. The lowest BCUT2D eigenvalue weighted by molar-refractivity contribution is 0.468. The molecular weight excluding hydrogens is 508 g/mol. The van der Waals surface area contributed by atoms with Crippen molar-refractivity contribution >= 4 is 85.7 Å². The molecule has 1 heterocycles. The number of thiophene rings is 1. The van der Waals surface area contributed by atoms with Gasteiger partial charge in [0, 0.05) is 20.9 Å². The van der Waals surface area contributed by atoms with E-state index in [2.05, 4.69) is 68.3 Å². The number of hydrogen-bond donors (Lipinski definition) is 1. The minimum absolute atomic E-state index is 0.198. The number of halogens is 3. The molecule has 0 amide bonds. The Kier molecular flexibility index (Phi) is 4.21. The molecule has 132 valence electrons. The molecule has 0 fully saturated rings. The summed E-state index contributed by atoms with van der Waals surface area (Å²) in [4.78, 5) is 0. The fraction of sp³-hybridized carbons (Fsp3) is 0. The van der Waals surface area contributed by atoms with Gasteiger partial charge in [-0.25, -0.2) is 0 Å². The summed E-state index contributed by atoms with van der Waals surface area (Å²) in [6, 6.07) is 20.5. The molecule has 5 aromatic rings. The molecule has 0 aliphatic rings. The van der Waals surface area contributed by atoms with Gasteiger partial charge in [-0.2, -0.15) is 0 Å². The smallest absolute Gasteiger partial charge is 0.143 e. The molecule has 27 heavy (non-hydrogen) atoms. The predicted octanol–water partition coefficient (Wildman–Crippen LogP) is 8.76. The van der Waals surface area contributed by atoms with Crippen molar-refractivity contribution in [2.75, 3.05) is 0 Å². The summed E-state index contributed by atoms with van der Waals surface area (Å²) in [5, 5.41) is 15.4. The Balaban J connectivity index is 2.08. The van der Waals surface area contributed by atoms with Gasteiger partial charge in [-0.05, 0) is 66.6 Å². The van der Waals surface area contributed by atoms with Crippen LogP contribution in [-0.2, 0) is 0 Å². The van der Waals surface area contributed by atoms with E-state index in [1.54, 1.807) is 11.3 Å². The second-order valence-electron chi connectivity index (χ2n) is 6.33. The van der Waals surface area contributed by atoms with Crippen molar-refractivity contribution in [2.24, 2.45) is 0 Å². The van der Waals surface area contributed by atoms with E-state index in [1.807, 2.05) is 24.3 Å². The molecule has 5 heteroatoms. The summed E-state index contributed by atoms with van der Waals surface area (Å²) < 4.78 is 3.60. The number of rotatable bonds is 1. The van der Waals surface area contributed by atoms with Crippen molar-refractivity contribution < 1.29 is 5.11 Å². The van der Waals surface area contributed by atoms with Gasteiger partial charge in [0.15, 0.2) is 0 Å². The Labute approximate surface area is 181 Å². The maximum Gasteiger partial charge on any atom is 0.143 e. The Bertz CT molecular complexity index is 1350. The summed E-state index contributed by atoms with van der Waals surface area (Å²) in [5.74, 6) is 0.198. The van der Waals surface area contributed by atoms with E-state index in [1.165, 1.54) is 10.1 Å². The Morgan fingerprint density at radius 2 is 1.41 bits per heavy atom. The van der Waals surface area contributed by atoms with Gasteiger partial charge in [-0.1, -0.05) is 54.1 Å². The summed E-state index contributed by atoms with van der Waals surface area (Å²) in [7, 11) is 0. The normalized spacial score (nSPS) is 11.7. The van der Waals surface area contributed by atoms with Gasteiger partial charge in [0.25, 0.3) is 0 Å². The monoisotopic (exact) mass is 516 g/mol. The minimum atomic E-state index is 0.198. The topological polar surface area (TPSA) is 20.2 Å². The Morgan fingerprint density at radius 3 is 2.11 bits per heavy atom. The van der Waals surface area contributed by atoms with Crippen LogP contribution in [0.5, 0.6) is 5.75 Å². The van der Waals surface area contributed by atoms with Gasteiger partial charge in [0.1, 0.15) is 5.75 Å². The number of hydrogen-bond acceptors (Lipinski definition) is 2. The fourth-order valence-corrected chi connectivity index (χ4v) is 6.33. The van der Waals surface area contributed by atoms with E-state index >= 15 is 0 Å². The summed E-state index contributed by atoms with van der Waals surface area (Å²) in [6.07, 6.45) is 0. The van der Waals surface area contributed by atoms with Crippen LogP contribution in [0.2, 0.25) is 5.02 Å². The van der Waals surface area contributed by atoms with Crippen LogP contribution in [-0.4, -0.2) is 5.11 Å². The van der Waals surface area contributed by atoms with Crippen molar-refractivity contribution in [1.82, 2.24) is 0 Å². The van der Waals surface area contributed by atoms with Crippen LogP contribution in [0.3, 0.4) is 0 Å². The van der Waals surface area contributed by atoms with Crippen LogP contribution >= 0.6 is 54.8 Å². The third-order valence-corrected chi connectivity index (χ3v) is 7.69. The maximum atomic E-state index is 10.2. The second-order valence-corrected chi connectivity index (χ2v) is 9.46. The van der Waals surface area contributed by atoms with E-state index in [-0.39, 0.29) is 5.75 Å². The van der Waals surface area contributed by atoms with Crippen molar-refractivity contribution in [3.8, 4) is 16.9 Å². The van der Waals surface area contributed by atoms with Gasteiger partial charge in [0.2, 0.25) is 0 Å². The molecule has 0 spiro atoms. The molecule has 0 unspecified atom stereocenters. The molecule has 0 radical (unpaired) electrons. The van der Waals surface area contributed by atoms with E-state index in [0.717, 1.165) is 37.0 Å². The van der Waals surface area contributed by atoms with Crippen LogP contribution in [0.1, 0.15) is 0 Å². The molecule has 4 aromatic carbocycles. The van der Waals surface area contributed by atoms with Gasteiger partial charge in [-0.3, -0.25) is 0 Å². The second kappa shape index (κ2) is 6.49. The van der Waals surface area contributed by atoms with Gasteiger partial charge in [-0.15, -0.1) is 11.3 Å². The van der Waals surface area contributed by atoms with Crippen LogP contribution < -0.4 is 0 Å². The Morgan fingerprint density at radius 1 is 0.815 bits per heavy atom. The average molecular weight is 519 g/mol. The maximum absolute atomic E-state index is 10.2. The first-order chi connectivity index (χ1) is 13.1. The predicted molar refractivity (Wildman–Crippen MR) is 124 cm³/mol. The Hall–Kier alpha value is -1.59. The minimum Gasteiger partial charge on any atom is -0.506 e. The number of fused-ring (bicyclic) bond motifs is 4. The largest absolute Gasteiger partial charge is 0.506 e. The van der Waals surface area contributed by atoms with Crippen molar-refractivity contribution in [1.29, 1.82) is 0 Å².